The van der Waals surface area contributed by atoms with Gasteiger partial charge in [-0.2, -0.15) is 9.78 Å². The number of hydrogen-bond donors (Lipinski definition) is 1. The van der Waals surface area contributed by atoms with Gasteiger partial charge in [-0.25, -0.2) is 4.39 Å². The molecule has 0 aliphatic rings. The van der Waals surface area contributed by atoms with Gasteiger partial charge in [0, 0.05) is 12.6 Å². The minimum atomic E-state index is -1.16. The number of nitrogens with zero attached hydrogens (tertiary/aromatic N) is 3. The van der Waals surface area contributed by atoms with E-state index in [2.05, 4.69) is 5.10 Å². The Kier molecular flexibility index (Phi) is 5.63. The van der Waals surface area contributed by atoms with Crippen LogP contribution in [0.1, 0.15) is 24.3 Å². The highest BCUT2D eigenvalue weighted by atomic mass is 19.1. The summed E-state index contributed by atoms with van der Waals surface area (Å²) in [5.74, 6) is -2.41. The Morgan fingerprint density at radius 3 is 2.52 bits per heavy atom. The summed E-state index contributed by atoms with van der Waals surface area (Å²) in [6.07, 6.45) is 0. The van der Waals surface area contributed by atoms with Crippen LogP contribution in [0.15, 0.2) is 41.2 Å². The molecule has 2 rings (SSSR count). The molecule has 1 aromatic heterocycles. The number of aliphatic carboxylic acids is 1. The molecule has 1 amide bonds. The van der Waals surface area contributed by atoms with E-state index < -0.39 is 29.8 Å². The van der Waals surface area contributed by atoms with Gasteiger partial charge in [0.2, 0.25) is 0 Å². The molecular weight excluding hydrogens is 329 g/mol. The van der Waals surface area contributed by atoms with E-state index in [9.17, 15) is 18.8 Å². The molecule has 0 atom stereocenters. The lowest BCUT2D eigenvalue weighted by Crippen LogP contribution is -2.39. The van der Waals surface area contributed by atoms with Crippen LogP contribution < -0.4 is 5.56 Å². The summed E-state index contributed by atoms with van der Waals surface area (Å²) in [6.45, 7) is 3.41. The highest BCUT2D eigenvalue weighted by Crippen LogP contribution is 2.10. The number of rotatable bonds is 6. The van der Waals surface area contributed by atoms with Crippen molar-refractivity contribution in [3.8, 4) is 5.69 Å². The van der Waals surface area contributed by atoms with E-state index in [1.165, 1.54) is 30.3 Å². The predicted octanol–water partition coefficient (Wildman–Crippen LogP) is 1.55. The van der Waals surface area contributed by atoms with Gasteiger partial charge in [-0.15, -0.1) is 0 Å². The van der Waals surface area contributed by atoms with Crippen molar-refractivity contribution >= 4 is 11.9 Å². The minimum absolute atomic E-state index is 0.0424. The van der Waals surface area contributed by atoms with Crippen LogP contribution in [-0.2, 0) is 4.79 Å². The molecule has 2 aromatic rings. The zero-order chi connectivity index (χ0) is 18.6. The van der Waals surface area contributed by atoms with E-state index in [1.54, 1.807) is 0 Å². The van der Waals surface area contributed by atoms with Gasteiger partial charge < -0.3 is 10.0 Å². The van der Waals surface area contributed by atoms with Gasteiger partial charge in [0.15, 0.2) is 0 Å². The molecule has 25 heavy (non-hydrogen) atoms. The molecule has 1 aromatic carbocycles. The maximum absolute atomic E-state index is 13.9. The molecule has 8 heteroatoms. The number of carboxylic acids is 1. The van der Waals surface area contributed by atoms with E-state index >= 15 is 0 Å². The molecule has 132 valence electrons. The number of hydrogen-bond acceptors (Lipinski definition) is 4. The lowest BCUT2D eigenvalue weighted by Gasteiger charge is -2.22. The average Bonchev–Trinajstić information content (AvgIpc) is 2.54. The normalized spacial score (nSPS) is 10.7. The van der Waals surface area contributed by atoms with Crippen LogP contribution in [0.4, 0.5) is 4.39 Å². The van der Waals surface area contributed by atoms with Gasteiger partial charge in [-0.3, -0.25) is 14.4 Å². The highest BCUT2D eigenvalue weighted by Gasteiger charge is 2.22. The van der Waals surface area contributed by atoms with Gasteiger partial charge in [-0.05, 0) is 24.1 Å². The topological polar surface area (TPSA) is 92.5 Å². The fraction of sp³-hybridized carbons (Fsp3) is 0.294. The van der Waals surface area contributed by atoms with Crippen molar-refractivity contribution in [2.45, 2.75) is 13.8 Å². The van der Waals surface area contributed by atoms with E-state index in [0.717, 1.165) is 15.6 Å². The molecule has 0 bridgehead atoms. The Labute approximate surface area is 143 Å². The number of aromatic nitrogens is 2. The Morgan fingerprint density at radius 1 is 1.24 bits per heavy atom. The fourth-order valence-corrected chi connectivity index (χ4v) is 2.31. The summed E-state index contributed by atoms with van der Waals surface area (Å²) in [4.78, 5) is 36.7. The second-order valence-corrected chi connectivity index (χ2v) is 5.89. The quantitative estimate of drug-likeness (QED) is 0.856. The first-order chi connectivity index (χ1) is 11.8. The van der Waals surface area contributed by atoms with E-state index in [4.69, 9.17) is 5.11 Å². The number of carbonyl (C=O) groups is 2. The van der Waals surface area contributed by atoms with Gasteiger partial charge >= 0.3 is 5.97 Å². The summed E-state index contributed by atoms with van der Waals surface area (Å²) in [6, 6.07) is 7.85. The maximum atomic E-state index is 13.9. The molecular formula is C17H18FN3O4. The Bertz CT molecular complexity index is 848. The molecule has 0 saturated carbocycles. The lowest BCUT2D eigenvalue weighted by atomic mass is 10.2. The fourth-order valence-electron chi connectivity index (χ4n) is 2.31. The summed E-state index contributed by atoms with van der Waals surface area (Å²) >= 11 is 0. The largest absolute Gasteiger partial charge is 0.480 e. The summed E-state index contributed by atoms with van der Waals surface area (Å²) < 4.78 is 14.7. The molecule has 0 saturated heterocycles. The van der Waals surface area contributed by atoms with Gasteiger partial charge in [-0.1, -0.05) is 26.0 Å². The van der Waals surface area contributed by atoms with Crippen molar-refractivity contribution in [1.29, 1.82) is 0 Å². The van der Waals surface area contributed by atoms with Crippen LogP contribution in [0.3, 0.4) is 0 Å². The minimum Gasteiger partial charge on any atom is -0.480 e. The SMILES string of the molecule is CC(C)CN(CC(=O)O)C(=O)c1ccc(=O)n(-c2ccccc2F)n1. The Hall–Kier alpha value is -3.03. The second kappa shape index (κ2) is 7.69. The second-order valence-electron chi connectivity index (χ2n) is 5.89. The average molecular weight is 347 g/mol. The van der Waals surface area contributed by atoms with Gasteiger partial charge in [0.1, 0.15) is 23.7 Å². The summed E-state index contributed by atoms with van der Waals surface area (Å²) in [5.41, 5.74) is -0.823. The van der Waals surface area contributed by atoms with Crippen LogP contribution >= 0.6 is 0 Å². The predicted molar refractivity (Wildman–Crippen MR) is 88.2 cm³/mol. The van der Waals surface area contributed by atoms with Crippen LogP contribution in [0.5, 0.6) is 0 Å². The molecule has 0 unspecified atom stereocenters. The van der Waals surface area contributed by atoms with Crippen LogP contribution in [-0.4, -0.2) is 44.8 Å². The number of benzene rings is 1. The third kappa shape index (κ3) is 4.50. The molecule has 0 aliphatic carbocycles. The van der Waals surface area contributed by atoms with E-state index in [0.29, 0.717) is 0 Å². The molecule has 1 N–H and O–H groups in total. The van der Waals surface area contributed by atoms with Crippen LogP contribution in [0.2, 0.25) is 0 Å². The smallest absolute Gasteiger partial charge is 0.323 e. The molecule has 0 fully saturated rings. The number of halogens is 1. The van der Waals surface area contributed by atoms with Gasteiger partial charge in [0.25, 0.3) is 11.5 Å². The number of para-hydroxylation sites is 1. The monoisotopic (exact) mass is 347 g/mol. The van der Waals surface area contributed by atoms with Crippen molar-refractivity contribution in [3.05, 3.63) is 58.3 Å². The third-order valence-electron chi connectivity index (χ3n) is 3.30. The van der Waals surface area contributed by atoms with Crippen molar-refractivity contribution in [3.63, 3.8) is 0 Å². The zero-order valence-corrected chi connectivity index (χ0v) is 13.8. The summed E-state index contributed by atoms with van der Waals surface area (Å²) in [7, 11) is 0. The van der Waals surface area contributed by atoms with Crippen LogP contribution in [0.25, 0.3) is 5.69 Å². The van der Waals surface area contributed by atoms with Crippen molar-refractivity contribution in [1.82, 2.24) is 14.7 Å². The van der Waals surface area contributed by atoms with Crippen LogP contribution in [0, 0.1) is 11.7 Å². The Morgan fingerprint density at radius 2 is 1.92 bits per heavy atom. The molecule has 1 heterocycles. The first kappa shape index (κ1) is 18.3. The molecule has 0 aliphatic heterocycles. The van der Waals surface area contributed by atoms with Crippen molar-refractivity contribution in [2.24, 2.45) is 5.92 Å². The number of carbonyl (C=O) groups excluding carboxylic acids is 1. The third-order valence-corrected chi connectivity index (χ3v) is 3.30. The number of carboxylic acid groups (broad SMARTS) is 1. The molecule has 0 radical (unpaired) electrons. The lowest BCUT2D eigenvalue weighted by molar-refractivity contribution is -0.137. The standard InChI is InChI=1S/C17H18FN3O4/c1-11(2)9-20(10-16(23)24)17(25)13-7-8-15(22)21(19-13)14-6-4-3-5-12(14)18/h3-8,11H,9-10H2,1-2H3,(H,23,24). The van der Waals surface area contributed by atoms with Crippen molar-refractivity contribution < 1.29 is 19.1 Å². The first-order valence-electron chi connectivity index (χ1n) is 7.66. The number of amides is 1. The summed E-state index contributed by atoms with van der Waals surface area (Å²) in [5, 5.41) is 12.9. The Balaban J connectivity index is 2.43. The van der Waals surface area contributed by atoms with E-state index in [1.807, 2.05) is 13.8 Å². The van der Waals surface area contributed by atoms with E-state index in [-0.39, 0.29) is 23.8 Å². The molecule has 7 nitrogen and oxygen atoms in total. The highest BCUT2D eigenvalue weighted by molar-refractivity contribution is 5.94. The zero-order valence-electron chi connectivity index (χ0n) is 13.8. The maximum Gasteiger partial charge on any atom is 0.323 e. The first-order valence-corrected chi connectivity index (χ1v) is 7.66. The van der Waals surface area contributed by atoms with Crippen molar-refractivity contribution in [2.75, 3.05) is 13.1 Å². The molecule has 0 spiro atoms. The van der Waals surface area contributed by atoms with Gasteiger partial charge in [0.05, 0.1) is 0 Å².